The van der Waals surface area contributed by atoms with Crippen molar-refractivity contribution in [3.05, 3.63) is 76.7 Å². The molecule has 1 saturated heterocycles. The number of carbonyl (C=O) groups is 2. The predicted molar refractivity (Wildman–Crippen MR) is 131 cm³/mol. The molecule has 2 aromatic carbocycles. The number of nitrogens with zero attached hydrogens (tertiary/aromatic N) is 3. The van der Waals surface area contributed by atoms with E-state index in [1.165, 1.54) is 10.9 Å². The maximum Gasteiger partial charge on any atom is 0.310 e. The second-order valence-electron chi connectivity index (χ2n) is 8.27. The van der Waals surface area contributed by atoms with Gasteiger partial charge < -0.3 is 19.7 Å². The molecule has 0 bridgehead atoms. The highest BCUT2D eigenvalue weighted by atomic mass is 16.5. The van der Waals surface area contributed by atoms with Crippen molar-refractivity contribution in [1.82, 2.24) is 14.7 Å². The SMILES string of the molecule is CCOC(=O)C1CCCN(C(=O)c2ccc(Nc3c(Oc4ccccc4)cnn(C)c3=O)cc2)C1. The summed E-state index contributed by atoms with van der Waals surface area (Å²) >= 11 is 0. The highest BCUT2D eigenvalue weighted by molar-refractivity contribution is 5.95. The number of amides is 1. The van der Waals surface area contributed by atoms with Crippen LogP contribution in [0.2, 0.25) is 0 Å². The van der Waals surface area contributed by atoms with Crippen molar-refractivity contribution >= 4 is 23.3 Å². The molecule has 1 atom stereocenters. The van der Waals surface area contributed by atoms with E-state index >= 15 is 0 Å². The van der Waals surface area contributed by atoms with Crippen LogP contribution in [0.1, 0.15) is 30.1 Å². The fourth-order valence-electron chi connectivity index (χ4n) is 3.97. The van der Waals surface area contributed by atoms with Crippen molar-refractivity contribution in [3.63, 3.8) is 0 Å². The van der Waals surface area contributed by atoms with Crippen LogP contribution in [0.25, 0.3) is 0 Å². The Balaban J connectivity index is 1.49. The summed E-state index contributed by atoms with van der Waals surface area (Å²) in [5.41, 5.74) is 1.00. The number of esters is 1. The number of ether oxygens (including phenoxy) is 2. The van der Waals surface area contributed by atoms with Gasteiger partial charge in [-0.2, -0.15) is 5.10 Å². The van der Waals surface area contributed by atoms with E-state index in [1.54, 1.807) is 55.3 Å². The molecule has 9 heteroatoms. The zero-order chi connectivity index (χ0) is 24.8. The van der Waals surface area contributed by atoms with Gasteiger partial charge in [-0.15, -0.1) is 0 Å². The average Bonchev–Trinajstić information content (AvgIpc) is 2.89. The fraction of sp³-hybridized carbons (Fsp3) is 0.308. The Morgan fingerprint density at radius 2 is 1.86 bits per heavy atom. The smallest absolute Gasteiger partial charge is 0.310 e. The van der Waals surface area contributed by atoms with Crippen LogP contribution in [0.4, 0.5) is 11.4 Å². The quantitative estimate of drug-likeness (QED) is 0.518. The molecule has 0 aliphatic carbocycles. The lowest BCUT2D eigenvalue weighted by Gasteiger charge is -2.31. The van der Waals surface area contributed by atoms with Crippen molar-refractivity contribution in [2.45, 2.75) is 19.8 Å². The molecular weight excluding hydrogens is 448 g/mol. The number of nitrogens with one attached hydrogen (secondary N) is 1. The molecule has 4 rings (SSSR count). The van der Waals surface area contributed by atoms with Gasteiger partial charge in [-0.3, -0.25) is 14.4 Å². The highest BCUT2D eigenvalue weighted by Crippen LogP contribution is 2.28. The van der Waals surface area contributed by atoms with Gasteiger partial charge in [0.25, 0.3) is 11.5 Å². The molecule has 0 spiro atoms. The number of hydrogen-bond donors (Lipinski definition) is 1. The Labute approximate surface area is 203 Å². The molecule has 0 radical (unpaired) electrons. The Morgan fingerprint density at radius 3 is 2.57 bits per heavy atom. The van der Waals surface area contributed by atoms with Crippen molar-refractivity contribution in [2.24, 2.45) is 13.0 Å². The van der Waals surface area contributed by atoms with E-state index in [2.05, 4.69) is 10.4 Å². The van der Waals surface area contributed by atoms with Crippen molar-refractivity contribution in [3.8, 4) is 11.5 Å². The second-order valence-corrected chi connectivity index (χ2v) is 8.27. The van der Waals surface area contributed by atoms with Crippen LogP contribution in [0, 0.1) is 5.92 Å². The van der Waals surface area contributed by atoms with Crippen LogP contribution in [0.3, 0.4) is 0 Å². The first kappa shape index (κ1) is 24.0. The summed E-state index contributed by atoms with van der Waals surface area (Å²) in [7, 11) is 1.56. The van der Waals surface area contributed by atoms with E-state index in [0.717, 1.165) is 12.8 Å². The minimum Gasteiger partial charge on any atom is -0.466 e. The third-order valence-electron chi connectivity index (χ3n) is 5.80. The van der Waals surface area contributed by atoms with Crippen LogP contribution < -0.4 is 15.6 Å². The monoisotopic (exact) mass is 476 g/mol. The summed E-state index contributed by atoms with van der Waals surface area (Å²) in [6.07, 6.45) is 2.95. The Hall–Kier alpha value is -4.14. The molecule has 3 aromatic rings. The molecule has 182 valence electrons. The average molecular weight is 477 g/mol. The molecule has 35 heavy (non-hydrogen) atoms. The van der Waals surface area contributed by atoms with E-state index in [4.69, 9.17) is 9.47 Å². The van der Waals surface area contributed by atoms with Gasteiger partial charge in [0.05, 0.1) is 18.7 Å². The topological polar surface area (TPSA) is 103 Å². The maximum absolute atomic E-state index is 13.0. The molecular formula is C26H28N4O5. The number of benzene rings is 2. The van der Waals surface area contributed by atoms with Gasteiger partial charge in [-0.05, 0) is 56.2 Å². The summed E-state index contributed by atoms with van der Waals surface area (Å²) < 4.78 is 12.2. The largest absolute Gasteiger partial charge is 0.466 e. The first-order valence-corrected chi connectivity index (χ1v) is 11.6. The van der Waals surface area contributed by atoms with Gasteiger partial charge >= 0.3 is 5.97 Å². The Kier molecular flexibility index (Phi) is 7.45. The van der Waals surface area contributed by atoms with Gasteiger partial charge in [0.15, 0.2) is 11.4 Å². The molecule has 1 unspecified atom stereocenters. The number of para-hydroxylation sites is 1. The minimum atomic E-state index is -0.350. The summed E-state index contributed by atoms with van der Waals surface area (Å²) in [4.78, 5) is 39.6. The Morgan fingerprint density at radius 1 is 1.11 bits per heavy atom. The molecule has 1 fully saturated rings. The molecule has 1 N–H and O–H groups in total. The second kappa shape index (κ2) is 10.9. The van der Waals surface area contributed by atoms with E-state index < -0.39 is 0 Å². The lowest BCUT2D eigenvalue weighted by atomic mass is 9.97. The normalized spacial score (nSPS) is 15.4. The third-order valence-corrected chi connectivity index (χ3v) is 5.80. The van der Waals surface area contributed by atoms with E-state index in [1.807, 2.05) is 18.2 Å². The van der Waals surface area contributed by atoms with E-state index in [9.17, 15) is 14.4 Å². The summed E-state index contributed by atoms with van der Waals surface area (Å²) in [6.45, 7) is 3.06. The van der Waals surface area contributed by atoms with Crippen LogP contribution in [-0.4, -0.2) is 46.3 Å². The van der Waals surface area contributed by atoms with Gasteiger partial charge in [0.1, 0.15) is 5.75 Å². The zero-order valence-electron chi connectivity index (χ0n) is 19.8. The van der Waals surface area contributed by atoms with Crippen molar-refractivity contribution in [1.29, 1.82) is 0 Å². The number of aromatic nitrogens is 2. The number of hydrogen-bond acceptors (Lipinski definition) is 7. The van der Waals surface area contributed by atoms with E-state index in [-0.39, 0.29) is 34.8 Å². The lowest BCUT2D eigenvalue weighted by Crippen LogP contribution is -2.42. The van der Waals surface area contributed by atoms with Gasteiger partial charge in [0.2, 0.25) is 0 Å². The van der Waals surface area contributed by atoms with Gasteiger partial charge in [-0.25, -0.2) is 4.68 Å². The first-order valence-electron chi connectivity index (χ1n) is 11.6. The lowest BCUT2D eigenvalue weighted by molar-refractivity contribution is -0.149. The molecule has 0 saturated carbocycles. The minimum absolute atomic E-state index is 0.140. The summed E-state index contributed by atoms with van der Waals surface area (Å²) in [5, 5.41) is 7.15. The van der Waals surface area contributed by atoms with Crippen molar-refractivity contribution < 1.29 is 19.1 Å². The molecule has 1 aromatic heterocycles. The third kappa shape index (κ3) is 5.68. The van der Waals surface area contributed by atoms with Crippen LogP contribution >= 0.6 is 0 Å². The van der Waals surface area contributed by atoms with Crippen LogP contribution in [-0.2, 0) is 16.6 Å². The first-order chi connectivity index (χ1) is 17.0. The molecule has 1 aliphatic heterocycles. The Bertz CT molecular complexity index is 1240. The van der Waals surface area contributed by atoms with E-state index in [0.29, 0.717) is 36.7 Å². The molecule has 9 nitrogen and oxygen atoms in total. The van der Waals surface area contributed by atoms with Crippen molar-refractivity contribution in [2.75, 3.05) is 25.0 Å². The molecule has 1 amide bonds. The highest BCUT2D eigenvalue weighted by Gasteiger charge is 2.29. The summed E-state index contributed by atoms with van der Waals surface area (Å²) in [6, 6.07) is 16.0. The maximum atomic E-state index is 13.0. The predicted octanol–water partition coefficient (Wildman–Crippen LogP) is 3.73. The number of anilines is 2. The molecule has 1 aliphatic rings. The van der Waals surface area contributed by atoms with Crippen LogP contribution in [0.5, 0.6) is 11.5 Å². The summed E-state index contributed by atoms with van der Waals surface area (Å²) in [5.74, 6) is 0.182. The molecule has 2 heterocycles. The number of rotatable bonds is 7. The van der Waals surface area contributed by atoms with Gasteiger partial charge in [0, 0.05) is 31.4 Å². The van der Waals surface area contributed by atoms with Gasteiger partial charge in [-0.1, -0.05) is 18.2 Å². The standard InChI is InChI=1S/C26H28N4O5/c1-3-34-26(33)19-8-7-15-30(17-19)24(31)18-11-13-20(14-12-18)28-23-22(16-27-29(2)25(23)32)35-21-9-5-4-6-10-21/h4-6,9-14,16,19,28H,3,7-8,15,17H2,1-2H3. The number of carbonyl (C=O) groups excluding carboxylic acids is 2. The number of aryl methyl sites for hydroxylation is 1. The van der Waals surface area contributed by atoms with Crippen LogP contribution in [0.15, 0.2) is 65.6 Å². The number of piperidine rings is 1. The fourth-order valence-corrected chi connectivity index (χ4v) is 3.97. The zero-order valence-corrected chi connectivity index (χ0v) is 19.8. The number of likely N-dealkylation sites (tertiary alicyclic amines) is 1.